The average Bonchev–Trinajstić information content (AvgIpc) is 3.53. The number of amides is 1. The van der Waals surface area contributed by atoms with E-state index in [0.717, 1.165) is 77.6 Å². The van der Waals surface area contributed by atoms with Gasteiger partial charge in [-0.15, -0.1) is 0 Å². The number of likely N-dealkylation sites (tertiary alicyclic amines) is 1. The lowest BCUT2D eigenvalue weighted by Crippen LogP contribution is -2.59. The van der Waals surface area contributed by atoms with E-state index in [2.05, 4.69) is 48.5 Å². The summed E-state index contributed by atoms with van der Waals surface area (Å²) in [5.41, 5.74) is 6.88. The Morgan fingerprint density at radius 1 is 1.16 bits per heavy atom. The number of nitrogens with zero attached hydrogens (tertiary/aromatic N) is 4. The third kappa shape index (κ3) is 3.80. The summed E-state index contributed by atoms with van der Waals surface area (Å²) in [6.07, 6.45) is 6.91. The number of carbonyl (C=O) groups is 2. The van der Waals surface area contributed by atoms with Crippen molar-refractivity contribution in [2.24, 2.45) is 10.8 Å². The molecule has 8 nitrogen and oxygen atoms in total. The molecule has 4 heterocycles. The van der Waals surface area contributed by atoms with Crippen LogP contribution in [0.3, 0.4) is 0 Å². The number of aryl methyl sites for hydroxylation is 1. The van der Waals surface area contributed by atoms with Crippen molar-refractivity contribution in [1.82, 2.24) is 20.1 Å². The Morgan fingerprint density at radius 2 is 1.95 bits per heavy atom. The first kappa shape index (κ1) is 24.6. The molecule has 0 radical (unpaired) electrons. The highest BCUT2D eigenvalue weighted by molar-refractivity contribution is 6.08. The summed E-state index contributed by atoms with van der Waals surface area (Å²) in [6.45, 7) is 13.2. The van der Waals surface area contributed by atoms with Crippen molar-refractivity contribution in [2.75, 3.05) is 38.2 Å². The number of aromatic amines is 1. The van der Waals surface area contributed by atoms with Gasteiger partial charge in [-0.2, -0.15) is 5.10 Å². The number of rotatable bonds is 4. The minimum Gasteiger partial charge on any atom is -0.465 e. The summed E-state index contributed by atoms with van der Waals surface area (Å²) in [4.78, 5) is 35.1. The molecule has 38 heavy (non-hydrogen) atoms. The summed E-state index contributed by atoms with van der Waals surface area (Å²) in [5, 5.41) is 8.41. The Hall–Kier alpha value is -3.68. The number of aromatic nitrogens is 3. The van der Waals surface area contributed by atoms with E-state index in [1.807, 2.05) is 17.2 Å². The number of benzene rings is 1. The van der Waals surface area contributed by atoms with E-state index in [4.69, 9.17) is 9.72 Å². The standard InChI is InChI=1S/C30H35N5O3/c1-6-23(36)35-16-30(17-35)11-12-34(15-30)27-26(28(37)38-5)25(19-9-10-29(3,4)13-22(19)32-27)24-18(2)7-8-21-20(24)14-31-33-21/h6-8,14H,1,9-13,15-17H2,2-5H3,(H,31,33). The monoisotopic (exact) mass is 513 g/mol. The van der Waals surface area contributed by atoms with Crippen molar-refractivity contribution in [3.05, 3.63) is 53.4 Å². The van der Waals surface area contributed by atoms with Gasteiger partial charge < -0.3 is 14.5 Å². The zero-order chi connectivity index (χ0) is 26.8. The molecular formula is C30H35N5O3. The summed E-state index contributed by atoms with van der Waals surface area (Å²) in [7, 11) is 1.44. The molecule has 0 atom stereocenters. The average molecular weight is 514 g/mol. The van der Waals surface area contributed by atoms with E-state index in [0.29, 0.717) is 24.5 Å². The largest absolute Gasteiger partial charge is 0.465 e. The second-order valence-corrected chi connectivity index (χ2v) is 12.1. The number of anilines is 1. The fourth-order valence-corrected chi connectivity index (χ4v) is 6.76. The zero-order valence-electron chi connectivity index (χ0n) is 22.7. The summed E-state index contributed by atoms with van der Waals surface area (Å²) >= 11 is 0. The molecule has 6 rings (SSSR count). The maximum atomic E-state index is 13.6. The van der Waals surface area contributed by atoms with Gasteiger partial charge in [0.15, 0.2) is 0 Å². The van der Waals surface area contributed by atoms with E-state index in [-0.39, 0.29) is 22.7 Å². The Balaban J connectivity index is 1.54. The third-order valence-corrected chi connectivity index (χ3v) is 8.81. The van der Waals surface area contributed by atoms with Crippen LogP contribution in [0.15, 0.2) is 31.0 Å². The summed E-state index contributed by atoms with van der Waals surface area (Å²) < 4.78 is 5.43. The number of hydrogen-bond donors (Lipinski definition) is 1. The predicted octanol–water partition coefficient (Wildman–Crippen LogP) is 4.46. The molecular weight excluding hydrogens is 478 g/mol. The topological polar surface area (TPSA) is 91.4 Å². The molecule has 3 aliphatic rings. The number of esters is 1. The lowest BCUT2D eigenvalue weighted by molar-refractivity contribution is -0.136. The van der Waals surface area contributed by atoms with Gasteiger partial charge in [-0.25, -0.2) is 9.78 Å². The predicted molar refractivity (Wildman–Crippen MR) is 147 cm³/mol. The maximum Gasteiger partial charge on any atom is 0.342 e. The van der Waals surface area contributed by atoms with Gasteiger partial charge in [-0.05, 0) is 66.9 Å². The number of ether oxygens (including phenoxy) is 1. The van der Waals surface area contributed by atoms with Gasteiger partial charge in [-0.3, -0.25) is 9.89 Å². The first-order valence-electron chi connectivity index (χ1n) is 13.4. The molecule has 0 saturated carbocycles. The normalized spacial score (nSPS) is 19.4. The Labute approximate surface area is 223 Å². The highest BCUT2D eigenvalue weighted by Crippen LogP contribution is 2.48. The van der Waals surface area contributed by atoms with Crippen LogP contribution in [0.2, 0.25) is 0 Å². The number of carbonyl (C=O) groups excluding carboxylic acids is 2. The van der Waals surface area contributed by atoms with Crippen LogP contribution >= 0.6 is 0 Å². The second kappa shape index (κ2) is 8.68. The fourth-order valence-electron chi connectivity index (χ4n) is 6.76. The zero-order valence-corrected chi connectivity index (χ0v) is 22.7. The molecule has 1 amide bonds. The first-order valence-corrected chi connectivity index (χ1v) is 13.4. The van der Waals surface area contributed by atoms with Crippen LogP contribution in [0.1, 0.15) is 53.9 Å². The third-order valence-electron chi connectivity index (χ3n) is 8.81. The number of H-pyrrole nitrogens is 1. The molecule has 198 valence electrons. The number of fused-ring (bicyclic) bond motifs is 2. The van der Waals surface area contributed by atoms with Crippen LogP contribution < -0.4 is 4.90 Å². The maximum absolute atomic E-state index is 13.6. The van der Waals surface area contributed by atoms with Crippen molar-refractivity contribution in [3.8, 4) is 11.1 Å². The molecule has 2 fully saturated rings. The molecule has 1 aliphatic carbocycles. The minimum absolute atomic E-state index is 0.0174. The smallest absolute Gasteiger partial charge is 0.342 e. The van der Waals surface area contributed by atoms with Gasteiger partial charge in [0, 0.05) is 48.2 Å². The molecule has 8 heteroatoms. The van der Waals surface area contributed by atoms with Gasteiger partial charge in [-0.1, -0.05) is 26.5 Å². The molecule has 2 aliphatic heterocycles. The number of methoxy groups -OCH3 is 1. The molecule has 2 saturated heterocycles. The first-order chi connectivity index (χ1) is 18.1. The van der Waals surface area contributed by atoms with Gasteiger partial charge in [0.2, 0.25) is 5.91 Å². The summed E-state index contributed by atoms with van der Waals surface area (Å²) in [5.74, 6) is 0.311. The number of pyridine rings is 1. The van der Waals surface area contributed by atoms with Crippen LogP contribution in [0.4, 0.5) is 5.82 Å². The van der Waals surface area contributed by atoms with Gasteiger partial charge >= 0.3 is 5.97 Å². The SMILES string of the molecule is C=CC(=O)N1CC2(CCN(c3nc4c(c(-c5c(C)ccc6[nH]ncc56)c3C(=O)OC)CCC(C)(C)C4)C2)C1. The van der Waals surface area contributed by atoms with Crippen molar-refractivity contribution in [1.29, 1.82) is 0 Å². The molecule has 3 aromatic rings. The van der Waals surface area contributed by atoms with E-state index < -0.39 is 0 Å². The van der Waals surface area contributed by atoms with Gasteiger partial charge in [0.25, 0.3) is 0 Å². The second-order valence-electron chi connectivity index (χ2n) is 12.1. The van der Waals surface area contributed by atoms with Gasteiger partial charge in [0.1, 0.15) is 11.4 Å². The molecule has 1 aromatic carbocycles. The van der Waals surface area contributed by atoms with Crippen molar-refractivity contribution >= 4 is 28.6 Å². The lowest BCUT2D eigenvalue weighted by Gasteiger charge is -2.47. The fraction of sp³-hybridized carbons (Fsp3) is 0.467. The van der Waals surface area contributed by atoms with E-state index in [1.54, 1.807) is 0 Å². The molecule has 1 N–H and O–H groups in total. The lowest BCUT2D eigenvalue weighted by atomic mass is 9.73. The highest BCUT2D eigenvalue weighted by Gasteiger charge is 2.50. The van der Waals surface area contributed by atoms with Crippen molar-refractivity contribution in [3.63, 3.8) is 0 Å². The summed E-state index contributed by atoms with van der Waals surface area (Å²) in [6, 6.07) is 4.12. The molecule has 0 bridgehead atoms. The Morgan fingerprint density at radius 3 is 2.68 bits per heavy atom. The van der Waals surface area contributed by atoms with E-state index in [9.17, 15) is 9.59 Å². The van der Waals surface area contributed by atoms with Crippen LogP contribution in [0.25, 0.3) is 22.0 Å². The quantitative estimate of drug-likeness (QED) is 0.409. The van der Waals surface area contributed by atoms with Gasteiger partial charge in [0.05, 0.1) is 18.8 Å². The molecule has 1 spiro atoms. The van der Waals surface area contributed by atoms with Crippen LogP contribution in [-0.4, -0.2) is 65.2 Å². The van der Waals surface area contributed by atoms with Crippen LogP contribution in [0, 0.1) is 17.8 Å². The Bertz CT molecular complexity index is 1480. The molecule has 2 aromatic heterocycles. The number of nitrogens with one attached hydrogen (secondary N) is 1. The number of hydrogen-bond acceptors (Lipinski definition) is 6. The minimum atomic E-state index is -0.368. The van der Waals surface area contributed by atoms with E-state index in [1.165, 1.54) is 13.2 Å². The Kier molecular flexibility index (Phi) is 5.63. The van der Waals surface area contributed by atoms with Crippen LogP contribution in [0.5, 0.6) is 0 Å². The van der Waals surface area contributed by atoms with Crippen molar-refractivity contribution in [2.45, 2.75) is 46.5 Å². The highest BCUT2D eigenvalue weighted by atomic mass is 16.5. The van der Waals surface area contributed by atoms with Crippen LogP contribution in [-0.2, 0) is 22.4 Å². The van der Waals surface area contributed by atoms with Crippen molar-refractivity contribution < 1.29 is 14.3 Å². The van der Waals surface area contributed by atoms with E-state index >= 15 is 0 Å². The molecule has 0 unspecified atom stereocenters.